The van der Waals surface area contributed by atoms with E-state index in [2.05, 4.69) is 30.9 Å². The average Bonchev–Trinajstić information content (AvgIpc) is 2.33. The molecule has 0 saturated carbocycles. The van der Waals surface area contributed by atoms with E-state index in [0.29, 0.717) is 15.1 Å². The third kappa shape index (κ3) is 2.57. The maximum Gasteiger partial charge on any atom is 0.264 e. The molecule has 2 rings (SSSR count). The molecule has 17 heavy (non-hydrogen) atoms. The van der Waals surface area contributed by atoms with E-state index in [0.717, 1.165) is 16.6 Å². The first kappa shape index (κ1) is 12.7. The molecule has 0 unspecified atom stereocenters. The Balaban J connectivity index is 2.66. The van der Waals surface area contributed by atoms with Gasteiger partial charge in [-0.2, -0.15) is 0 Å². The Morgan fingerprint density at radius 2 is 2.29 bits per heavy atom. The molecule has 2 heterocycles. The Morgan fingerprint density at radius 1 is 1.53 bits per heavy atom. The summed E-state index contributed by atoms with van der Waals surface area (Å²) in [4.78, 5) is 23.1. The van der Waals surface area contributed by atoms with Gasteiger partial charge in [-0.25, -0.2) is 4.98 Å². The summed E-state index contributed by atoms with van der Waals surface area (Å²) in [5, 5.41) is 0. The molecule has 2 aromatic heterocycles. The second-order valence-electron chi connectivity index (χ2n) is 3.36. The van der Waals surface area contributed by atoms with Crippen molar-refractivity contribution < 1.29 is 0 Å². The van der Waals surface area contributed by atoms with Crippen molar-refractivity contribution in [3.05, 3.63) is 42.4 Å². The number of hydrogen-bond donors (Lipinski definition) is 1. The van der Waals surface area contributed by atoms with Gasteiger partial charge < -0.3 is 4.98 Å². The minimum atomic E-state index is -0.120. The molecule has 0 aliphatic rings. The summed E-state index contributed by atoms with van der Waals surface area (Å²) in [6, 6.07) is 3.69. The lowest BCUT2D eigenvalue weighted by Crippen LogP contribution is -2.16. The van der Waals surface area contributed by atoms with Crippen LogP contribution in [0.2, 0.25) is 0 Å². The number of nitrogens with zero attached hydrogens (tertiary/aromatic N) is 2. The molecule has 0 bridgehead atoms. The van der Waals surface area contributed by atoms with Gasteiger partial charge in [-0.1, -0.05) is 6.92 Å². The predicted octanol–water partition coefficient (Wildman–Crippen LogP) is 2.76. The molecule has 0 spiro atoms. The molecule has 2 aromatic rings. The van der Waals surface area contributed by atoms with Crippen molar-refractivity contribution in [1.82, 2.24) is 15.0 Å². The highest BCUT2D eigenvalue weighted by Gasteiger charge is 2.11. The monoisotopic (exact) mass is 405 g/mol. The number of aryl methyl sites for hydroxylation is 1. The van der Waals surface area contributed by atoms with Gasteiger partial charge in [0, 0.05) is 10.7 Å². The molecule has 88 valence electrons. The number of rotatable bonds is 2. The fourth-order valence-electron chi connectivity index (χ4n) is 1.41. The molecule has 6 heteroatoms. The number of halogens is 2. The molecule has 0 aromatic carbocycles. The number of H-pyrrole nitrogens is 1. The van der Waals surface area contributed by atoms with E-state index in [1.165, 1.54) is 0 Å². The lowest BCUT2D eigenvalue weighted by Gasteiger charge is -2.05. The highest BCUT2D eigenvalue weighted by Crippen LogP contribution is 2.22. The van der Waals surface area contributed by atoms with E-state index in [1.807, 2.05) is 41.6 Å². The number of aromatic nitrogens is 3. The van der Waals surface area contributed by atoms with E-state index in [4.69, 9.17) is 0 Å². The van der Waals surface area contributed by atoms with Crippen LogP contribution in [0, 0.1) is 3.57 Å². The van der Waals surface area contributed by atoms with Gasteiger partial charge in [-0.15, -0.1) is 0 Å². The minimum Gasteiger partial charge on any atom is -0.304 e. The number of hydrogen-bond acceptors (Lipinski definition) is 3. The van der Waals surface area contributed by atoms with Crippen LogP contribution in [-0.4, -0.2) is 15.0 Å². The van der Waals surface area contributed by atoms with Gasteiger partial charge in [0.2, 0.25) is 0 Å². The van der Waals surface area contributed by atoms with Crippen molar-refractivity contribution in [3.8, 4) is 11.5 Å². The summed E-state index contributed by atoms with van der Waals surface area (Å²) in [6.45, 7) is 1.97. The second-order valence-corrected chi connectivity index (χ2v) is 5.30. The largest absolute Gasteiger partial charge is 0.304 e. The molecule has 0 amide bonds. The Labute approximate surface area is 120 Å². The Kier molecular flexibility index (Phi) is 3.93. The normalized spacial score (nSPS) is 10.5. The summed E-state index contributed by atoms with van der Waals surface area (Å²) < 4.78 is 1.45. The third-order valence-electron chi connectivity index (χ3n) is 2.25. The third-order valence-corrected chi connectivity index (χ3v) is 4.00. The van der Waals surface area contributed by atoms with E-state index in [1.54, 1.807) is 6.20 Å². The lowest BCUT2D eigenvalue weighted by molar-refractivity contribution is 0.961. The molecule has 0 aliphatic heterocycles. The molecule has 0 aliphatic carbocycles. The molecule has 0 saturated heterocycles. The zero-order chi connectivity index (χ0) is 12.4. The molecule has 0 fully saturated rings. The van der Waals surface area contributed by atoms with Crippen molar-refractivity contribution in [2.75, 3.05) is 0 Å². The summed E-state index contributed by atoms with van der Waals surface area (Å²) in [5.41, 5.74) is 1.32. The first-order chi connectivity index (χ1) is 8.13. The van der Waals surface area contributed by atoms with Crippen LogP contribution in [0.15, 0.2) is 27.6 Å². The number of nitrogens with one attached hydrogen (secondary N) is 1. The maximum absolute atomic E-state index is 11.8. The van der Waals surface area contributed by atoms with E-state index < -0.39 is 0 Å². The molecule has 1 N–H and O–H groups in total. The van der Waals surface area contributed by atoms with E-state index in [-0.39, 0.29) is 5.56 Å². The predicted molar refractivity (Wildman–Crippen MR) is 77.9 cm³/mol. The van der Waals surface area contributed by atoms with Crippen molar-refractivity contribution in [3.63, 3.8) is 0 Å². The molecular formula is C11H9BrIN3O. The average molecular weight is 406 g/mol. The highest BCUT2D eigenvalue weighted by atomic mass is 127. The summed E-state index contributed by atoms with van der Waals surface area (Å²) in [6.07, 6.45) is 2.39. The highest BCUT2D eigenvalue weighted by molar-refractivity contribution is 14.1. The minimum absolute atomic E-state index is 0.120. The lowest BCUT2D eigenvalue weighted by atomic mass is 10.3. The quantitative estimate of drug-likeness (QED) is 0.781. The Hall–Kier alpha value is -0.760. The van der Waals surface area contributed by atoms with Crippen LogP contribution < -0.4 is 5.56 Å². The molecule has 0 radical (unpaired) electrons. The van der Waals surface area contributed by atoms with Gasteiger partial charge in [0.1, 0.15) is 5.69 Å². The zero-order valence-electron chi connectivity index (χ0n) is 9.00. The van der Waals surface area contributed by atoms with Crippen molar-refractivity contribution in [1.29, 1.82) is 0 Å². The van der Waals surface area contributed by atoms with Gasteiger partial charge in [0.15, 0.2) is 5.82 Å². The second kappa shape index (κ2) is 5.26. The standard InChI is InChI=1S/C11H9BrIN3O/c1-2-7-8(13)11(17)16-10(15-7)9-6(12)4-3-5-14-9/h3-5H,2H2,1H3,(H,15,16,17). The first-order valence-electron chi connectivity index (χ1n) is 5.03. The van der Waals surface area contributed by atoms with Crippen molar-refractivity contribution >= 4 is 38.5 Å². The maximum atomic E-state index is 11.8. The van der Waals surface area contributed by atoms with Crippen LogP contribution in [0.1, 0.15) is 12.6 Å². The summed E-state index contributed by atoms with van der Waals surface area (Å²) in [7, 11) is 0. The van der Waals surface area contributed by atoms with E-state index in [9.17, 15) is 4.79 Å². The molecular weight excluding hydrogens is 397 g/mol. The topological polar surface area (TPSA) is 58.6 Å². The van der Waals surface area contributed by atoms with Crippen LogP contribution in [0.25, 0.3) is 11.5 Å². The van der Waals surface area contributed by atoms with Gasteiger partial charge in [-0.05, 0) is 57.1 Å². The van der Waals surface area contributed by atoms with Crippen LogP contribution in [0.4, 0.5) is 0 Å². The SMILES string of the molecule is CCc1nc(-c2ncccc2Br)[nH]c(=O)c1I. The summed E-state index contributed by atoms with van der Waals surface area (Å²) in [5.74, 6) is 0.500. The van der Waals surface area contributed by atoms with E-state index >= 15 is 0 Å². The fraction of sp³-hybridized carbons (Fsp3) is 0.182. The van der Waals surface area contributed by atoms with Gasteiger partial charge in [-0.3, -0.25) is 9.78 Å². The molecule has 0 atom stereocenters. The fourth-order valence-corrected chi connectivity index (χ4v) is 2.49. The van der Waals surface area contributed by atoms with Crippen LogP contribution >= 0.6 is 38.5 Å². The smallest absolute Gasteiger partial charge is 0.264 e. The van der Waals surface area contributed by atoms with Gasteiger partial charge in [0.05, 0.1) is 9.26 Å². The van der Waals surface area contributed by atoms with Crippen molar-refractivity contribution in [2.24, 2.45) is 0 Å². The van der Waals surface area contributed by atoms with Gasteiger partial charge >= 0.3 is 0 Å². The Bertz CT molecular complexity index is 612. The van der Waals surface area contributed by atoms with Crippen LogP contribution in [0.5, 0.6) is 0 Å². The van der Waals surface area contributed by atoms with Gasteiger partial charge in [0.25, 0.3) is 5.56 Å². The Morgan fingerprint density at radius 3 is 2.94 bits per heavy atom. The zero-order valence-corrected chi connectivity index (χ0v) is 12.7. The molecule has 4 nitrogen and oxygen atoms in total. The summed E-state index contributed by atoms with van der Waals surface area (Å²) >= 11 is 5.41. The number of aromatic amines is 1. The first-order valence-corrected chi connectivity index (χ1v) is 6.90. The van der Waals surface area contributed by atoms with Crippen molar-refractivity contribution in [2.45, 2.75) is 13.3 Å². The van der Waals surface area contributed by atoms with Crippen LogP contribution in [0.3, 0.4) is 0 Å². The number of pyridine rings is 1. The van der Waals surface area contributed by atoms with Crippen LogP contribution in [-0.2, 0) is 6.42 Å².